The summed E-state index contributed by atoms with van der Waals surface area (Å²) in [5.41, 5.74) is 2.45. The van der Waals surface area contributed by atoms with Crippen LogP contribution in [-0.2, 0) is 6.42 Å². The van der Waals surface area contributed by atoms with E-state index in [1.54, 1.807) is 0 Å². The van der Waals surface area contributed by atoms with Crippen LogP contribution in [0, 0.1) is 6.92 Å². The number of hydrogen-bond acceptors (Lipinski definition) is 0. The molecular formula is C10H9BrN. The Kier molecular flexibility index (Phi) is 1.93. The largest absolute Gasteiger partial charge is 0.361 e. The lowest BCUT2D eigenvalue weighted by atomic mass is 10.1. The average Bonchev–Trinajstić information content (AvgIpc) is 2.46. The lowest BCUT2D eigenvalue weighted by molar-refractivity contribution is 1.29. The van der Waals surface area contributed by atoms with E-state index in [1.165, 1.54) is 16.5 Å². The van der Waals surface area contributed by atoms with E-state index in [0.29, 0.717) is 0 Å². The van der Waals surface area contributed by atoms with Gasteiger partial charge in [-0.25, -0.2) is 0 Å². The fourth-order valence-corrected chi connectivity index (χ4v) is 1.72. The van der Waals surface area contributed by atoms with E-state index >= 15 is 0 Å². The Morgan fingerprint density at radius 3 is 3.00 bits per heavy atom. The highest BCUT2D eigenvalue weighted by Crippen LogP contribution is 2.22. The van der Waals surface area contributed by atoms with Crippen LogP contribution < -0.4 is 0 Å². The Bertz CT molecular complexity index is 403. The molecule has 1 heterocycles. The highest BCUT2D eigenvalue weighted by molar-refractivity contribution is 9.10. The molecule has 2 aromatic rings. The predicted octanol–water partition coefficient (Wildman–Crippen LogP) is 3.31. The van der Waals surface area contributed by atoms with Gasteiger partial charge in [0.15, 0.2) is 0 Å². The molecule has 1 radical (unpaired) electrons. The number of nitrogens with one attached hydrogen (secondary N) is 1. The van der Waals surface area contributed by atoms with Crippen LogP contribution in [0.15, 0.2) is 28.9 Å². The Hall–Kier alpha value is -0.760. The summed E-state index contributed by atoms with van der Waals surface area (Å²) in [7, 11) is 0. The smallest absolute Gasteiger partial charge is 0.0457 e. The van der Waals surface area contributed by atoms with E-state index in [1.807, 2.05) is 12.3 Å². The molecule has 0 aliphatic carbocycles. The van der Waals surface area contributed by atoms with Crippen LogP contribution in [-0.4, -0.2) is 4.98 Å². The lowest BCUT2D eigenvalue weighted by Gasteiger charge is -1.94. The van der Waals surface area contributed by atoms with Gasteiger partial charge in [-0.2, -0.15) is 0 Å². The summed E-state index contributed by atoms with van der Waals surface area (Å²) >= 11 is 3.45. The standard InChI is InChI=1S/C10H9BrN/c1-2-7-6-12-10-4-3-8(11)5-9(7)10/h3-6,12H,1-2H2. The fourth-order valence-electron chi connectivity index (χ4n) is 1.36. The van der Waals surface area contributed by atoms with Crippen molar-refractivity contribution in [2.45, 2.75) is 6.42 Å². The maximum atomic E-state index is 3.87. The Morgan fingerprint density at radius 1 is 1.42 bits per heavy atom. The molecular weight excluding hydrogens is 214 g/mol. The van der Waals surface area contributed by atoms with Crippen molar-refractivity contribution < 1.29 is 0 Å². The molecule has 0 unspecified atom stereocenters. The molecule has 1 nitrogen and oxygen atoms in total. The van der Waals surface area contributed by atoms with Crippen molar-refractivity contribution in [2.75, 3.05) is 0 Å². The van der Waals surface area contributed by atoms with Gasteiger partial charge in [-0.3, -0.25) is 0 Å². The second kappa shape index (κ2) is 2.94. The maximum absolute atomic E-state index is 3.87. The van der Waals surface area contributed by atoms with E-state index in [2.05, 4.69) is 40.0 Å². The zero-order valence-corrected chi connectivity index (χ0v) is 8.19. The molecule has 2 heteroatoms. The molecule has 12 heavy (non-hydrogen) atoms. The van der Waals surface area contributed by atoms with Crippen LogP contribution >= 0.6 is 15.9 Å². The average molecular weight is 223 g/mol. The molecule has 1 aromatic carbocycles. The molecule has 0 saturated heterocycles. The van der Waals surface area contributed by atoms with Crippen molar-refractivity contribution in [3.63, 3.8) is 0 Å². The lowest BCUT2D eigenvalue weighted by Crippen LogP contribution is -1.74. The van der Waals surface area contributed by atoms with Gasteiger partial charge in [0.2, 0.25) is 0 Å². The van der Waals surface area contributed by atoms with Crippen molar-refractivity contribution in [3.8, 4) is 0 Å². The third-order valence-corrected chi connectivity index (χ3v) is 2.49. The molecule has 0 bridgehead atoms. The summed E-state index contributed by atoms with van der Waals surface area (Å²) in [5.74, 6) is 0. The van der Waals surface area contributed by atoms with Gasteiger partial charge in [0.1, 0.15) is 0 Å². The summed E-state index contributed by atoms with van der Waals surface area (Å²) in [6.45, 7) is 3.87. The predicted molar refractivity (Wildman–Crippen MR) is 55.1 cm³/mol. The molecule has 0 aliphatic heterocycles. The highest BCUT2D eigenvalue weighted by Gasteiger charge is 2.00. The van der Waals surface area contributed by atoms with Crippen LogP contribution in [0.3, 0.4) is 0 Å². The van der Waals surface area contributed by atoms with Gasteiger partial charge in [-0.05, 0) is 37.1 Å². The second-order valence-electron chi connectivity index (χ2n) is 2.75. The first kappa shape index (κ1) is 7.87. The Labute approximate surface area is 79.9 Å². The molecule has 0 aliphatic rings. The first-order valence-electron chi connectivity index (χ1n) is 3.86. The Morgan fingerprint density at radius 2 is 2.25 bits per heavy atom. The van der Waals surface area contributed by atoms with E-state index in [9.17, 15) is 0 Å². The molecule has 0 amide bonds. The molecule has 1 aromatic heterocycles. The first-order valence-corrected chi connectivity index (χ1v) is 4.65. The molecule has 61 valence electrons. The summed E-state index contributed by atoms with van der Waals surface area (Å²) in [6.07, 6.45) is 2.85. The van der Waals surface area contributed by atoms with Gasteiger partial charge in [0.05, 0.1) is 0 Å². The summed E-state index contributed by atoms with van der Waals surface area (Å²) in [6, 6.07) is 6.22. The first-order chi connectivity index (χ1) is 5.81. The summed E-state index contributed by atoms with van der Waals surface area (Å²) in [5, 5.41) is 1.26. The van der Waals surface area contributed by atoms with E-state index in [-0.39, 0.29) is 0 Å². The minimum atomic E-state index is 0.830. The van der Waals surface area contributed by atoms with Crippen LogP contribution in [0.5, 0.6) is 0 Å². The van der Waals surface area contributed by atoms with Crippen molar-refractivity contribution in [3.05, 3.63) is 41.4 Å². The van der Waals surface area contributed by atoms with Crippen molar-refractivity contribution >= 4 is 26.8 Å². The molecule has 2 rings (SSSR count). The molecule has 0 spiro atoms. The monoisotopic (exact) mass is 222 g/mol. The van der Waals surface area contributed by atoms with Gasteiger partial charge >= 0.3 is 0 Å². The normalized spacial score (nSPS) is 10.8. The molecule has 0 saturated carbocycles. The highest BCUT2D eigenvalue weighted by atomic mass is 79.9. The van der Waals surface area contributed by atoms with Crippen LogP contribution in [0.25, 0.3) is 10.9 Å². The van der Waals surface area contributed by atoms with Gasteiger partial charge in [0, 0.05) is 21.6 Å². The zero-order valence-electron chi connectivity index (χ0n) is 6.60. The van der Waals surface area contributed by atoms with Gasteiger partial charge in [-0.15, -0.1) is 0 Å². The van der Waals surface area contributed by atoms with Crippen LogP contribution in [0.1, 0.15) is 5.56 Å². The fraction of sp³-hybridized carbons (Fsp3) is 0.100. The van der Waals surface area contributed by atoms with Crippen molar-refractivity contribution in [2.24, 2.45) is 0 Å². The van der Waals surface area contributed by atoms with E-state index in [4.69, 9.17) is 0 Å². The summed E-state index contributed by atoms with van der Waals surface area (Å²) < 4.78 is 1.12. The number of rotatable bonds is 1. The minimum absolute atomic E-state index is 0.830. The number of H-pyrrole nitrogens is 1. The number of fused-ring (bicyclic) bond motifs is 1. The van der Waals surface area contributed by atoms with Gasteiger partial charge in [-0.1, -0.05) is 15.9 Å². The summed E-state index contributed by atoms with van der Waals surface area (Å²) in [4.78, 5) is 3.21. The van der Waals surface area contributed by atoms with Crippen LogP contribution in [0.2, 0.25) is 0 Å². The zero-order chi connectivity index (χ0) is 8.55. The van der Waals surface area contributed by atoms with Crippen molar-refractivity contribution in [1.82, 2.24) is 4.98 Å². The molecule has 0 atom stereocenters. The second-order valence-corrected chi connectivity index (χ2v) is 3.67. The number of hydrogen-bond donors (Lipinski definition) is 1. The minimum Gasteiger partial charge on any atom is -0.361 e. The van der Waals surface area contributed by atoms with Gasteiger partial charge < -0.3 is 4.98 Å². The van der Waals surface area contributed by atoms with Crippen molar-refractivity contribution in [1.29, 1.82) is 0 Å². The maximum Gasteiger partial charge on any atom is 0.0457 e. The topological polar surface area (TPSA) is 15.8 Å². The quantitative estimate of drug-likeness (QED) is 0.763. The Balaban J connectivity index is 2.75. The number of benzene rings is 1. The third-order valence-electron chi connectivity index (χ3n) is 2.00. The third kappa shape index (κ3) is 1.16. The number of halogens is 1. The molecule has 0 fully saturated rings. The van der Waals surface area contributed by atoms with Gasteiger partial charge in [0.25, 0.3) is 0 Å². The van der Waals surface area contributed by atoms with E-state index in [0.717, 1.165) is 10.9 Å². The van der Waals surface area contributed by atoms with Crippen LogP contribution in [0.4, 0.5) is 0 Å². The number of aromatic amines is 1. The van der Waals surface area contributed by atoms with E-state index < -0.39 is 0 Å². The SMILES string of the molecule is [CH2]Cc1c[nH]c2ccc(Br)cc12. The number of aromatic nitrogens is 1. The molecule has 1 N–H and O–H groups in total.